The zero-order valence-corrected chi connectivity index (χ0v) is 9.94. The Morgan fingerprint density at radius 3 is 2.06 bits per heavy atom. The molecule has 90 valence electrons. The van der Waals surface area contributed by atoms with Gasteiger partial charge in [0.15, 0.2) is 17.8 Å². The minimum Gasteiger partial charge on any atom is -0.493 e. The van der Waals surface area contributed by atoms with Gasteiger partial charge in [0.05, 0.1) is 19.8 Å². The Kier molecular flexibility index (Phi) is 4.39. The first-order chi connectivity index (χ1) is 7.67. The second kappa shape index (κ2) is 5.58. The first-order valence-corrected chi connectivity index (χ1v) is 4.74. The Morgan fingerprint density at radius 1 is 1.00 bits per heavy atom. The van der Waals surface area contributed by atoms with Crippen molar-refractivity contribution in [3.63, 3.8) is 0 Å². The van der Waals surface area contributed by atoms with Gasteiger partial charge in [-0.15, -0.1) is 0 Å². The van der Waals surface area contributed by atoms with E-state index in [0.29, 0.717) is 22.7 Å². The minimum atomic E-state index is -0.535. The monoisotopic (exact) mass is 227 g/mol. The molecule has 0 aliphatic carbocycles. The Balaban J connectivity index is 3.29. The van der Waals surface area contributed by atoms with Gasteiger partial charge < -0.3 is 24.7 Å². The lowest BCUT2D eigenvalue weighted by Crippen LogP contribution is -2.07. The summed E-state index contributed by atoms with van der Waals surface area (Å²) in [5, 5.41) is 0. The quantitative estimate of drug-likeness (QED) is 0.611. The summed E-state index contributed by atoms with van der Waals surface area (Å²) in [5.41, 5.74) is 7.02. The zero-order valence-electron chi connectivity index (χ0n) is 9.94. The molecule has 0 spiro atoms. The molecule has 0 aliphatic heterocycles. The van der Waals surface area contributed by atoms with Crippen molar-refractivity contribution in [2.45, 2.75) is 6.29 Å². The van der Waals surface area contributed by atoms with Crippen LogP contribution in [-0.4, -0.2) is 28.4 Å². The number of anilines is 1. The van der Waals surface area contributed by atoms with Gasteiger partial charge in [-0.1, -0.05) is 0 Å². The molecule has 16 heavy (non-hydrogen) atoms. The SMILES string of the molecule is COc1cc(N)cc(C(OC)OC)c1OC. The molecular weight excluding hydrogens is 210 g/mol. The van der Waals surface area contributed by atoms with Crippen molar-refractivity contribution in [2.75, 3.05) is 34.2 Å². The fourth-order valence-electron chi connectivity index (χ4n) is 1.54. The number of nitrogens with two attached hydrogens (primary N) is 1. The number of methoxy groups -OCH3 is 4. The molecule has 0 amide bonds. The second-order valence-electron chi connectivity index (χ2n) is 3.15. The largest absolute Gasteiger partial charge is 0.493 e. The van der Waals surface area contributed by atoms with E-state index in [9.17, 15) is 0 Å². The number of benzene rings is 1. The lowest BCUT2D eigenvalue weighted by molar-refractivity contribution is -0.107. The fraction of sp³-hybridized carbons (Fsp3) is 0.455. The molecular formula is C11H17NO4. The lowest BCUT2D eigenvalue weighted by atomic mass is 10.1. The Bertz CT molecular complexity index is 350. The van der Waals surface area contributed by atoms with Gasteiger partial charge in [0.2, 0.25) is 0 Å². The van der Waals surface area contributed by atoms with E-state index in [1.807, 2.05) is 0 Å². The highest BCUT2D eigenvalue weighted by Crippen LogP contribution is 2.38. The van der Waals surface area contributed by atoms with Gasteiger partial charge in [-0.25, -0.2) is 0 Å². The molecule has 1 rings (SSSR count). The number of ether oxygens (including phenoxy) is 4. The maximum absolute atomic E-state index is 5.76. The maximum atomic E-state index is 5.76. The van der Waals surface area contributed by atoms with E-state index in [0.717, 1.165) is 0 Å². The van der Waals surface area contributed by atoms with Crippen LogP contribution in [0, 0.1) is 0 Å². The van der Waals surface area contributed by atoms with Gasteiger partial charge in [0.1, 0.15) is 0 Å². The predicted octanol–water partition coefficient (Wildman–Crippen LogP) is 1.58. The number of nitrogen functional groups attached to an aromatic ring is 1. The Labute approximate surface area is 95.1 Å². The van der Waals surface area contributed by atoms with Crippen LogP contribution in [0.1, 0.15) is 11.9 Å². The van der Waals surface area contributed by atoms with E-state index in [-0.39, 0.29) is 0 Å². The van der Waals surface area contributed by atoms with Crippen LogP contribution in [0.5, 0.6) is 11.5 Å². The summed E-state index contributed by atoms with van der Waals surface area (Å²) < 4.78 is 20.8. The van der Waals surface area contributed by atoms with Gasteiger partial charge in [-0.05, 0) is 6.07 Å². The van der Waals surface area contributed by atoms with Crippen molar-refractivity contribution in [1.29, 1.82) is 0 Å². The third-order valence-electron chi connectivity index (χ3n) is 2.21. The molecule has 0 aliphatic rings. The third kappa shape index (κ3) is 2.37. The molecule has 1 aromatic rings. The first kappa shape index (κ1) is 12.6. The molecule has 0 radical (unpaired) electrons. The van der Waals surface area contributed by atoms with Crippen molar-refractivity contribution in [2.24, 2.45) is 0 Å². The molecule has 5 heteroatoms. The molecule has 5 nitrogen and oxygen atoms in total. The number of hydrogen-bond acceptors (Lipinski definition) is 5. The summed E-state index contributed by atoms with van der Waals surface area (Å²) in [7, 11) is 6.20. The summed E-state index contributed by atoms with van der Waals surface area (Å²) in [6.07, 6.45) is -0.535. The zero-order chi connectivity index (χ0) is 12.1. The van der Waals surface area contributed by atoms with Crippen LogP contribution in [0.4, 0.5) is 5.69 Å². The van der Waals surface area contributed by atoms with Gasteiger partial charge in [0.25, 0.3) is 0 Å². The number of hydrogen-bond donors (Lipinski definition) is 1. The highest BCUT2D eigenvalue weighted by molar-refractivity contribution is 5.57. The standard InChI is InChI=1S/C11H17NO4/c1-13-9-6-7(12)5-8(10(9)14-2)11(15-3)16-4/h5-6,11H,12H2,1-4H3. The van der Waals surface area contributed by atoms with E-state index < -0.39 is 6.29 Å². The van der Waals surface area contributed by atoms with Gasteiger partial charge in [0, 0.05) is 26.0 Å². The first-order valence-electron chi connectivity index (χ1n) is 4.74. The highest BCUT2D eigenvalue weighted by Gasteiger charge is 2.19. The van der Waals surface area contributed by atoms with E-state index in [1.54, 1.807) is 40.6 Å². The summed E-state index contributed by atoms with van der Waals surface area (Å²) in [4.78, 5) is 0. The van der Waals surface area contributed by atoms with Crippen molar-refractivity contribution in [1.82, 2.24) is 0 Å². The molecule has 0 aromatic heterocycles. The molecule has 0 atom stereocenters. The minimum absolute atomic E-state index is 0.535. The molecule has 1 aromatic carbocycles. The Hall–Kier alpha value is -1.46. The summed E-state index contributed by atoms with van der Waals surface area (Å²) in [5.74, 6) is 1.11. The summed E-state index contributed by atoms with van der Waals surface area (Å²) in [6.45, 7) is 0. The molecule has 0 unspecified atom stereocenters. The summed E-state index contributed by atoms with van der Waals surface area (Å²) >= 11 is 0. The number of rotatable bonds is 5. The van der Waals surface area contributed by atoms with Gasteiger partial charge in [-0.3, -0.25) is 0 Å². The van der Waals surface area contributed by atoms with Crippen LogP contribution < -0.4 is 15.2 Å². The topological polar surface area (TPSA) is 62.9 Å². The van der Waals surface area contributed by atoms with Crippen LogP contribution in [0.15, 0.2) is 12.1 Å². The maximum Gasteiger partial charge on any atom is 0.186 e. The average Bonchev–Trinajstić information content (AvgIpc) is 2.30. The third-order valence-corrected chi connectivity index (χ3v) is 2.21. The van der Waals surface area contributed by atoms with Crippen LogP contribution in [0.25, 0.3) is 0 Å². The molecule has 0 saturated carbocycles. The second-order valence-corrected chi connectivity index (χ2v) is 3.15. The molecule has 0 bridgehead atoms. The van der Waals surface area contributed by atoms with Crippen LogP contribution in [0.3, 0.4) is 0 Å². The average molecular weight is 227 g/mol. The van der Waals surface area contributed by atoms with Crippen molar-refractivity contribution < 1.29 is 18.9 Å². The Morgan fingerprint density at radius 2 is 1.62 bits per heavy atom. The van der Waals surface area contributed by atoms with E-state index in [1.165, 1.54) is 0 Å². The van der Waals surface area contributed by atoms with Crippen molar-refractivity contribution in [3.8, 4) is 11.5 Å². The lowest BCUT2D eigenvalue weighted by Gasteiger charge is -2.19. The van der Waals surface area contributed by atoms with Crippen LogP contribution in [0.2, 0.25) is 0 Å². The van der Waals surface area contributed by atoms with Gasteiger partial charge >= 0.3 is 0 Å². The van der Waals surface area contributed by atoms with Gasteiger partial charge in [-0.2, -0.15) is 0 Å². The van der Waals surface area contributed by atoms with Crippen molar-refractivity contribution in [3.05, 3.63) is 17.7 Å². The fourth-order valence-corrected chi connectivity index (χ4v) is 1.54. The molecule has 0 saturated heterocycles. The van der Waals surface area contributed by atoms with E-state index >= 15 is 0 Å². The smallest absolute Gasteiger partial charge is 0.186 e. The van der Waals surface area contributed by atoms with Crippen molar-refractivity contribution >= 4 is 5.69 Å². The highest BCUT2D eigenvalue weighted by atomic mass is 16.7. The summed E-state index contributed by atoms with van der Waals surface area (Å²) in [6, 6.07) is 3.42. The predicted molar refractivity (Wildman–Crippen MR) is 60.7 cm³/mol. The molecule has 0 fully saturated rings. The normalized spacial score (nSPS) is 10.6. The molecule has 0 heterocycles. The van der Waals surface area contributed by atoms with E-state index in [2.05, 4.69) is 0 Å². The molecule has 2 N–H and O–H groups in total. The van der Waals surface area contributed by atoms with Crippen LogP contribution in [-0.2, 0) is 9.47 Å². The van der Waals surface area contributed by atoms with E-state index in [4.69, 9.17) is 24.7 Å². The van der Waals surface area contributed by atoms with Crippen LogP contribution >= 0.6 is 0 Å².